The van der Waals surface area contributed by atoms with Crippen LogP contribution in [0.4, 0.5) is 25.5 Å². The SMILES string of the molecule is C#Cc1cccc2cc(NC(=O)OC(C)(C)C)cc(-c3nc4c5c(nc(OCC67CC(=C)CN6CC(=C)C7)nc5c3F)N3C[C@H]5CC[C@@H]([C@H]3[C@H](C)O4)N5C(=O)OC(C)(C)C)c12. The highest BCUT2D eigenvalue weighted by atomic mass is 19.1. The van der Waals surface area contributed by atoms with Crippen LogP contribution in [-0.4, -0.2) is 104 Å². The van der Waals surface area contributed by atoms with E-state index in [0.717, 1.165) is 43.5 Å². The minimum Gasteiger partial charge on any atom is -0.472 e. The lowest BCUT2D eigenvalue weighted by molar-refractivity contribution is 0.000915. The molecule has 5 aliphatic heterocycles. The van der Waals surface area contributed by atoms with Crippen molar-refractivity contribution in [2.75, 3.05) is 36.5 Å². The van der Waals surface area contributed by atoms with Crippen molar-refractivity contribution in [2.45, 2.75) is 115 Å². The number of nitrogens with zero attached hydrogens (tertiary/aromatic N) is 6. The van der Waals surface area contributed by atoms with Gasteiger partial charge in [0.05, 0.1) is 23.7 Å². The fraction of sp³-hybridized carbons (Fsp3) is 0.468. The van der Waals surface area contributed by atoms with Crippen LogP contribution < -0.4 is 19.7 Å². The second-order valence-electron chi connectivity index (χ2n) is 19.2. The van der Waals surface area contributed by atoms with Gasteiger partial charge in [0.2, 0.25) is 5.88 Å². The Labute approximate surface area is 355 Å². The molecule has 7 heterocycles. The zero-order valence-corrected chi connectivity index (χ0v) is 35.9. The van der Waals surface area contributed by atoms with E-state index in [1.807, 2.05) is 38.7 Å². The fourth-order valence-electron chi connectivity index (χ4n) is 10.1. The van der Waals surface area contributed by atoms with Gasteiger partial charge >= 0.3 is 18.2 Å². The van der Waals surface area contributed by atoms with Crippen LogP contribution in [0.1, 0.15) is 79.7 Å². The first-order valence-electron chi connectivity index (χ1n) is 20.9. The number of terminal acetylenes is 1. The van der Waals surface area contributed by atoms with E-state index in [1.54, 1.807) is 45.0 Å². The summed E-state index contributed by atoms with van der Waals surface area (Å²) in [5, 5.41) is 4.29. The number of nitrogens with one attached hydrogen (secondary N) is 1. The lowest BCUT2D eigenvalue weighted by Crippen LogP contribution is -2.65. The average molecular weight is 830 g/mol. The summed E-state index contributed by atoms with van der Waals surface area (Å²) in [7, 11) is 0. The Hall–Kier alpha value is -5.94. The van der Waals surface area contributed by atoms with E-state index in [2.05, 4.69) is 34.2 Å². The van der Waals surface area contributed by atoms with E-state index < -0.39 is 35.3 Å². The summed E-state index contributed by atoms with van der Waals surface area (Å²) < 4.78 is 42.7. The summed E-state index contributed by atoms with van der Waals surface area (Å²) in [6.07, 6.45) is 7.38. The normalized spacial score (nSPS) is 23.0. The number of amides is 2. The highest BCUT2D eigenvalue weighted by molar-refractivity contribution is 6.06. The molecule has 61 heavy (non-hydrogen) atoms. The molecule has 13 nitrogen and oxygen atoms in total. The topological polar surface area (TPSA) is 131 Å². The number of anilines is 2. The van der Waals surface area contributed by atoms with Gasteiger partial charge in [-0.3, -0.25) is 15.1 Å². The van der Waals surface area contributed by atoms with Gasteiger partial charge in [-0.25, -0.2) is 19.0 Å². The van der Waals surface area contributed by atoms with Crippen molar-refractivity contribution in [3.05, 3.63) is 66.0 Å². The summed E-state index contributed by atoms with van der Waals surface area (Å²) in [6.45, 7) is 23.5. The Balaban J connectivity index is 1.22. The Morgan fingerprint density at radius 1 is 1.02 bits per heavy atom. The first-order valence-corrected chi connectivity index (χ1v) is 20.9. The van der Waals surface area contributed by atoms with Crippen molar-refractivity contribution in [3.8, 4) is 35.5 Å². The molecule has 14 heteroatoms. The number of aromatic nitrogens is 3. The zero-order chi connectivity index (χ0) is 43.3. The average Bonchev–Trinajstić information content (AvgIpc) is 3.73. The maximum Gasteiger partial charge on any atom is 0.412 e. The summed E-state index contributed by atoms with van der Waals surface area (Å²) >= 11 is 0. The Kier molecular flexibility index (Phi) is 9.51. The molecule has 4 saturated heterocycles. The van der Waals surface area contributed by atoms with Gasteiger partial charge in [-0.1, -0.05) is 42.4 Å². The third kappa shape index (κ3) is 7.16. The van der Waals surface area contributed by atoms with Crippen LogP contribution in [0.3, 0.4) is 0 Å². The molecule has 9 rings (SSSR count). The van der Waals surface area contributed by atoms with E-state index in [-0.39, 0.29) is 53.4 Å². The van der Waals surface area contributed by atoms with Crippen LogP contribution in [0, 0.1) is 18.2 Å². The van der Waals surface area contributed by atoms with Gasteiger partial charge in [0.1, 0.15) is 46.3 Å². The number of ether oxygens (including phenoxy) is 4. The smallest absolute Gasteiger partial charge is 0.412 e. The van der Waals surface area contributed by atoms with Crippen LogP contribution in [0.2, 0.25) is 0 Å². The molecule has 4 atom stereocenters. The standard InChI is InChI=1S/C47H52FN7O6/c1-11-28-13-12-14-29-17-30(49-43(56)60-45(5,6)7)18-32(34(28)29)37-36(48)38-35-40(52-42(51-38)58-24-47-19-25(2)21-53(47)22-26(3)20-47)54-23-31-15-16-33(39(54)27(4)59-41(35)50-37)55(31)44(57)61-46(8,9)10/h1,12-14,17-18,27,31,33,39H,2-3,15-16,19-24H2,4-10H3,(H,49,56)/t27-,31+,33-,39+/m0/s1. The van der Waals surface area contributed by atoms with Gasteiger partial charge < -0.3 is 23.8 Å². The van der Waals surface area contributed by atoms with E-state index in [1.165, 1.54) is 0 Å². The number of fused-ring (bicyclic) bond motifs is 7. The monoisotopic (exact) mass is 829 g/mol. The zero-order valence-electron chi connectivity index (χ0n) is 35.9. The van der Waals surface area contributed by atoms with Gasteiger partial charge in [-0.15, -0.1) is 6.42 Å². The van der Waals surface area contributed by atoms with Gasteiger partial charge in [-0.2, -0.15) is 9.97 Å². The number of piperazine rings is 1. The molecule has 2 aromatic heterocycles. The largest absolute Gasteiger partial charge is 0.472 e. The van der Waals surface area contributed by atoms with Crippen LogP contribution in [-0.2, 0) is 9.47 Å². The summed E-state index contributed by atoms with van der Waals surface area (Å²) in [5.41, 5.74) is 1.43. The molecule has 4 aromatic rings. The van der Waals surface area contributed by atoms with E-state index in [0.29, 0.717) is 51.8 Å². The van der Waals surface area contributed by atoms with Crippen molar-refractivity contribution >= 4 is 45.4 Å². The van der Waals surface area contributed by atoms with Crippen LogP contribution in [0.15, 0.2) is 54.6 Å². The summed E-state index contributed by atoms with van der Waals surface area (Å²) in [6, 6.07) is 7.90. The number of carbonyl (C=O) groups excluding carboxylic acids is 2. The fourth-order valence-corrected chi connectivity index (χ4v) is 10.1. The second kappa shape index (κ2) is 14.3. The van der Waals surface area contributed by atoms with Crippen molar-refractivity contribution < 1.29 is 32.9 Å². The quantitative estimate of drug-likeness (QED) is 0.154. The van der Waals surface area contributed by atoms with Crippen molar-refractivity contribution in [3.63, 3.8) is 0 Å². The molecule has 2 bridgehead atoms. The Morgan fingerprint density at radius 3 is 2.43 bits per heavy atom. The van der Waals surface area contributed by atoms with Crippen molar-refractivity contribution in [1.29, 1.82) is 0 Å². The molecule has 0 aliphatic carbocycles. The highest BCUT2D eigenvalue weighted by Gasteiger charge is 2.54. The maximum atomic E-state index is 17.9. The molecular formula is C47H52FN7O6. The lowest BCUT2D eigenvalue weighted by atomic mass is 9.92. The molecule has 0 spiro atoms. The van der Waals surface area contributed by atoms with Gasteiger partial charge in [0, 0.05) is 41.8 Å². The second-order valence-corrected chi connectivity index (χ2v) is 19.2. The third-order valence-electron chi connectivity index (χ3n) is 12.2. The summed E-state index contributed by atoms with van der Waals surface area (Å²) in [5.74, 6) is 2.53. The Bertz CT molecular complexity index is 2570. The van der Waals surface area contributed by atoms with E-state index in [9.17, 15) is 9.59 Å². The van der Waals surface area contributed by atoms with Gasteiger partial charge in [0.15, 0.2) is 5.82 Å². The minimum absolute atomic E-state index is 0.00131. The summed E-state index contributed by atoms with van der Waals surface area (Å²) in [4.78, 5) is 48.0. The number of hydrogen-bond donors (Lipinski definition) is 1. The predicted molar refractivity (Wildman–Crippen MR) is 231 cm³/mol. The number of halogens is 1. The molecule has 2 aromatic carbocycles. The van der Waals surface area contributed by atoms with Crippen LogP contribution in [0.5, 0.6) is 11.9 Å². The molecule has 0 saturated carbocycles. The number of hydrogen-bond acceptors (Lipinski definition) is 11. The number of benzene rings is 2. The minimum atomic E-state index is -0.759. The van der Waals surface area contributed by atoms with Gasteiger partial charge in [0.25, 0.3) is 0 Å². The molecule has 0 unspecified atom stereocenters. The van der Waals surface area contributed by atoms with Crippen LogP contribution in [0.25, 0.3) is 32.9 Å². The molecule has 5 aliphatic rings. The van der Waals surface area contributed by atoms with Crippen molar-refractivity contribution in [1.82, 2.24) is 24.8 Å². The van der Waals surface area contributed by atoms with E-state index in [4.69, 9.17) is 40.3 Å². The first kappa shape index (κ1) is 40.5. The number of pyridine rings is 1. The Morgan fingerprint density at radius 2 is 1.74 bits per heavy atom. The molecule has 2 amide bonds. The molecule has 0 radical (unpaired) electrons. The first-order chi connectivity index (χ1) is 28.8. The predicted octanol–water partition coefficient (Wildman–Crippen LogP) is 8.39. The third-order valence-corrected chi connectivity index (χ3v) is 12.2. The lowest BCUT2D eigenvalue weighted by Gasteiger charge is -2.48. The highest BCUT2D eigenvalue weighted by Crippen LogP contribution is 2.48. The number of carbonyl (C=O) groups is 2. The molecule has 1 N–H and O–H groups in total. The van der Waals surface area contributed by atoms with E-state index >= 15 is 4.39 Å². The van der Waals surface area contributed by atoms with Crippen LogP contribution >= 0.6 is 0 Å². The molecular weight excluding hydrogens is 778 g/mol. The van der Waals surface area contributed by atoms with Gasteiger partial charge in [-0.05, 0) is 97.7 Å². The van der Waals surface area contributed by atoms with Crippen molar-refractivity contribution in [2.24, 2.45) is 0 Å². The molecule has 318 valence electrons. The maximum absolute atomic E-state index is 17.9. The molecule has 4 fully saturated rings. The number of rotatable bonds is 5.